The zero-order chi connectivity index (χ0) is 22.9. The van der Waals surface area contributed by atoms with E-state index in [1.807, 2.05) is 46.3 Å². The van der Waals surface area contributed by atoms with Crippen molar-refractivity contribution in [3.8, 4) is 11.5 Å². The average Bonchev–Trinajstić information content (AvgIpc) is 3.60. The molecular formula is C24H25N5O3S. The van der Waals surface area contributed by atoms with E-state index in [-0.39, 0.29) is 23.9 Å². The summed E-state index contributed by atoms with van der Waals surface area (Å²) in [4.78, 5) is 32.5. The lowest BCUT2D eigenvalue weighted by Gasteiger charge is -2.32. The largest absolute Gasteiger partial charge is 0.463 e. The molecular weight excluding hydrogens is 438 g/mol. The maximum atomic E-state index is 13.6. The molecule has 1 saturated heterocycles. The SMILES string of the molecule is CC(C)n1ncc2c(C(=O)N3CCC(NC(=O)c4ccsc4)CC3)cc(-c3ccco3)nc21. The van der Waals surface area contributed by atoms with Gasteiger partial charge >= 0.3 is 0 Å². The summed E-state index contributed by atoms with van der Waals surface area (Å²) >= 11 is 1.50. The van der Waals surface area contributed by atoms with Gasteiger partial charge in [0.15, 0.2) is 11.4 Å². The van der Waals surface area contributed by atoms with E-state index in [9.17, 15) is 9.59 Å². The lowest BCUT2D eigenvalue weighted by atomic mass is 10.0. The number of hydrogen-bond donors (Lipinski definition) is 1. The predicted molar refractivity (Wildman–Crippen MR) is 126 cm³/mol. The highest BCUT2D eigenvalue weighted by atomic mass is 32.1. The third-order valence-electron chi connectivity index (χ3n) is 5.96. The molecule has 0 aliphatic carbocycles. The van der Waals surface area contributed by atoms with Gasteiger partial charge in [0, 0.05) is 36.1 Å². The van der Waals surface area contributed by atoms with Gasteiger partial charge < -0.3 is 14.6 Å². The minimum atomic E-state index is -0.0546. The number of carbonyl (C=O) groups excluding carboxylic acids is 2. The van der Waals surface area contributed by atoms with Crippen LogP contribution in [0.25, 0.3) is 22.5 Å². The van der Waals surface area contributed by atoms with Crippen LogP contribution in [0.3, 0.4) is 0 Å². The van der Waals surface area contributed by atoms with Crippen LogP contribution in [0.2, 0.25) is 0 Å². The number of carbonyl (C=O) groups is 2. The first-order chi connectivity index (χ1) is 16.0. The van der Waals surface area contributed by atoms with E-state index >= 15 is 0 Å². The summed E-state index contributed by atoms with van der Waals surface area (Å²) < 4.78 is 7.37. The summed E-state index contributed by atoms with van der Waals surface area (Å²) in [5.74, 6) is 0.500. The molecule has 33 heavy (non-hydrogen) atoms. The fourth-order valence-corrected chi connectivity index (χ4v) is 4.82. The van der Waals surface area contributed by atoms with Crippen molar-refractivity contribution in [3.63, 3.8) is 0 Å². The van der Waals surface area contributed by atoms with Crippen LogP contribution in [0.4, 0.5) is 0 Å². The topological polar surface area (TPSA) is 93.3 Å². The van der Waals surface area contributed by atoms with Gasteiger partial charge in [-0.1, -0.05) is 0 Å². The molecule has 170 valence electrons. The van der Waals surface area contributed by atoms with Crippen molar-refractivity contribution in [2.45, 2.75) is 38.8 Å². The van der Waals surface area contributed by atoms with Crippen LogP contribution in [0.15, 0.2) is 51.9 Å². The van der Waals surface area contributed by atoms with E-state index in [1.54, 1.807) is 24.6 Å². The minimum absolute atomic E-state index is 0.0545. The number of amides is 2. The third-order valence-corrected chi connectivity index (χ3v) is 6.64. The Bertz CT molecular complexity index is 1270. The fraction of sp³-hybridized carbons (Fsp3) is 0.333. The van der Waals surface area contributed by atoms with Crippen LogP contribution in [0, 0.1) is 0 Å². The molecule has 4 aromatic rings. The lowest BCUT2D eigenvalue weighted by molar-refractivity contribution is 0.0700. The number of thiophene rings is 1. The van der Waals surface area contributed by atoms with Gasteiger partial charge in [-0.05, 0) is 56.3 Å². The number of nitrogens with one attached hydrogen (secondary N) is 1. The molecule has 5 heterocycles. The molecule has 8 nitrogen and oxygen atoms in total. The van der Waals surface area contributed by atoms with Crippen LogP contribution in [-0.4, -0.2) is 50.6 Å². The highest BCUT2D eigenvalue weighted by Crippen LogP contribution is 2.28. The molecule has 0 atom stereocenters. The predicted octanol–water partition coefficient (Wildman–Crippen LogP) is 4.37. The molecule has 5 rings (SSSR count). The molecule has 1 fully saturated rings. The van der Waals surface area contributed by atoms with Gasteiger partial charge in [0.1, 0.15) is 5.69 Å². The van der Waals surface area contributed by atoms with Gasteiger partial charge in [0.25, 0.3) is 11.8 Å². The average molecular weight is 464 g/mol. The third kappa shape index (κ3) is 4.16. The maximum absolute atomic E-state index is 13.6. The number of nitrogens with zero attached hydrogens (tertiary/aromatic N) is 4. The normalized spacial score (nSPS) is 14.8. The number of pyridine rings is 1. The standard InChI is InChI=1S/C24H25N5O3S/c1-15(2)29-22-19(13-25-29)18(12-20(27-22)21-4-3-10-32-21)24(31)28-8-5-17(6-9-28)26-23(30)16-7-11-33-14-16/h3-4,7,10-15,17H,5-6,8-9H2,1-2H3,(H,26,30). The Morgan fingerprint density at radius 1 is 1.24 bits per heavy atom. The molecule has 1 aliphatic rings. The smallest absolute Gasteiger partial charge is 0.254 e. The highest BCUT2D eigenvalue weighted by molar-refractivity contribution is 7.08. The number of aromatic nitrogens is 3. The Hall–Kier alpha value is -3.46. The minimum Gasteiger partial charge on any atom is -0.463 e. The molecule has 0 unspecified atom stereocenters. The van der Waals surface area contributed by atoms with Crippen molar-refractivity contribution in [1.29, 1.82) is 0 Å². The van der Waals surface area contributed by atoms with Crippen LogP contribution in [-0.2, 0) is 0 Å². The first-order valence-electron chi connectivity index (χ1n) is 11.1. The first-order valence-corrected chi connectivity index (χ1v) is 12.0. The number of piperidine rings is 1. The summed E-state index contributed by atoms with van der Waals surface area (Å²) in [6.07, 6.45) is 4.74. The maximum Gasteiger partial charge on any atom is 0.254 e. The van der Waals surface area contributed by atoms with Crippen LogP contribution >= 0.6 is 11.3 Å². The van der Waals surface area contributed by atoms with Crippen LogP contribution in [0.5, 0.6) is 0 Å². The van der Waals surface area contributed by atoms with E-state index < -0.39 is 0 Å². The lowest BCUT2D eigenvalue weighted by Crippen LogP contribution is -2.46. The van der Waals surface area contributed by atoms with Crippen molar-refractivity contribution < 1.29 is 14.0 Å². The van der Waals surface area contributed by atoms with Gasteiger partial charge in [0.2, 0.25) is 0 Å². The fourth-order valence-electron chi connectivity index (χ4n) is 4.18. The summed E-state index contributed by atoms with van der Waals surface area (Å²) in [6, 6.07) is 7.41. The van der Waals surface area contributed by atoms with Crippen LogP contribution in [0.1, 0.15) is 53.4 Å². The molecule has 0 radical (unpaired) electrons. The molecule has 0 spiro atoms. The number of likely N-dealkylation sites (tertiary alicyclic amines) is 1. The second-order valence-electron chi connectivity index (χ2n) is 8.50. The molecule has 1 aliphatic heterocycles. The van der Waals surface area contributed by atoms with E-state index in [4.69, 9.17) is 9.40 Å². The number of furan rings is 1. The Morgan fingerprint density at radius 3 is 2.73 bits per heavy atom. The Labute approximate surface area is 195 Å². The van der Waals surface area contributed by atoms with Gasteiger partial charge in [-0.25, -0.2) is 9.67 Å². The summed E-state index contributed by atoms with van der Waals surface area (Å²) in [5, 5.41) is 12.0. The van der Waals surface area contributed by atoms with E-state index in [2.05, 4.69) is 10.4 Å². The van der Waals surface area contributed by atoms with Crippen molar-refractivity contribution in [3.05, 3.63) is 58.6 Å². The zero-order valence-electron chi connectivity index (χ0n) is 18.5. The molecule has 0 saturated carbocycles. The molecule has 1 N–H and O–H groups in total. The highest BCUT2D eigenvalue weighted by Gasteiger charge is 2.28. The van der Waals surface area contributed by atoms with Crippen molar-refractivity contribution in [2.75, 3.05) is 13.1 Å². The Balaban J connectivity index is 1.38. The molecule has 2 amide bonds. The van der Waals surface area contributed by atoms with Crippen LogP contribution < -0.4 is 5.32 Å². The number of rotatable bonds is 5. The van der Waals surface area contributed by atoms with Gasteiger partial charge in [-0.15, -0.1) is 0 Å². The molecule has 0 aromatic carbocycles. The number of fused-ring (bicyclic) bond motifs is 1. The van der Waals surface area contributed by atoms with Gasteiger partial charge in [-0.3, -0.25) is 9.59 Å². The zero-order valence-corrected chi connectivity index (χ0v) is 19.3. The van der Waals surface area contributed by atoms with Crippen molar-refractivity contribution >= 4 is 34.2 Å². The van der Waals surface area contributed by atoms with E-state index in [0.717, 1.165) is 5.39 Å². The van der Waals surface area contributed by atoms with Gasteiger partial charge in [-0.2, -0.15) is 16.4 Å². The monoisotopic (exact) mass is 463 g/mol. The molecule has 0 bridgehead atoms. The Kier molecular flexibility index (Phi) is 5.72. The molecule has 4 aromatic heterocycles. The second-order valence-corrected chi connectivity index (χ2v) is 9.28. The van der Waals surface area contributed by atoms with E-state index in [1.165, 1.54) is 11.3 Å². The summed E-state index contributed by atoms with van der Waals surface area (Å²) in [5.41, 5.74) is 2.53. The van der Waals surface area contributed by atoms with Gasteiger partial charge in [0.05, 0.1) is 23.4 Å². The second kappa shape index (κ2) is 8.82. The van der Waals surface area contributed by atoms with E-state index in [0.29, 0.717) is 54.2 Å². The molecule has 9 heteroatoms. The number of hydrogen-bond acceptors (Lipinski definition) is 6. The van der Waals surface area contributed by atoms with Crippen molar-refractivity contribution in [1.82, 2.24) is 25.0 Å². The summed E-state index contributed by atoms with van der Waals surface area (Å²) in [6.45, 7) is 5.21. The Morgan fingerprint density at radius 2 is 2.06 bits per heavy atom. The first kappa shape index (κ1) is 21.4. The summed E-state index contributed by atoms with van der Waals surface area (Å²) in [7, 11) is 0. The van der Waals surface area contributed by atoms with Crippen molar-refractivity contribution in [2.24, 2.45) is 0 Å². The quantitative estimate of drug-likeness (QED) is 0.474.